The number of hydrogen-bond donors (Lipinski definition) is 1. The van der Waals surface area contributed by atoms with E-state index in [4.69, 9.17) is 4.74 Å². The first-order chi connectivity index (χ1) is 11.6. The number of amides is 1. The van der Waals surface area contributed by atoms with Gasteiger partial charge in [-0.2, -0.15) is 0 Å². The number of thiophene rings is 1. The van der Waals surface area contributed by atoms with Crippen LogP contribution in [0.2, 0.25) is 0 Å². The number of aryl methyl sites for hydroxylation is 1. The van der Waals surface area contributed by atoms with E-state index < -0.39 is 0 Å². The summed E-state index contributed by atoms with van der Waals surface area (Å²) in [6.07, 6.45) is 2.24. The number of esters is 1. The molecule has 128 valence electrons. The molecule has 1 atom stereocenters. The molecule has 0 saturated carbocycles. The number of halogens is 1. The summed E-state index contributed by atoms with van der Waals surface area (Å²) in [4.78, 5) is 25.1. The smallest absolute Gasteiger partial charge is 0.307 e. The van der Waals surface area contributed by atoms with Gasteiger partial charge in [0.15, 0.2) is 0 Å². The van der Waals surface area contributed by atoms with Crippen LogP contribution in [0.5, 0.6) is 0 Å². The van der Waals surface area contributed by atoms with Gasteiger partial charge in [-0.1, -0.05) is 34.1 Å². The highest BCUT2D eigenvalue weighted by Crippen LogP contribution is 2.21. The summed E-state index contributed by atoms with van der Waals surface area (Å²) in [6.45, 7) is 0. The van der Waals surface area contributed by atoms with Gasteiger partial charge in [-0.3, -0.25) is 9.59 Å². The van der Waals surface area contributed by atoms with Crippen molar-refractivity contribution in [2.45, 2.75) is 31.7 Å². The van der Waals surface area contributed by atoms with Gasteiger partial charge in [0, 0.05) is 15.8 Å². The van der Waals surface area contributed by atoms with E-state index in [-0.39, 0.29) is 24.3 Å². The minimum absolute atomic E-state index is 0.0524. The van der Waals surface area contributed by atoms with Crippen molar-refractivity contribution in [3.8, 4) is 0 Å². The van der Waals surface area contributed by atoms with Crippen molar-refractivity contribution < 1.29 is 14.3 Å². The van der Waals surface area contributed by atoms with Crippen LogP contribution in [0.1, 0.15) is 35.7 Å². The van der Waals surface area contributed by atoms with Gasteiger partial charge in [0.1, 0.15) is 0 Å². The summed E-state index contributed by atoms with van der Waals surface area (Å²) in [5.74, 6) is -0.398. The van der Waals surface area contributed by atoms with E-state index in [0.717, 1.165) is 22.9 Å². The van der Waals surface area contributed by atoms with Gasteiger partial charge in [-0.15, -0.1) is 11.3 Å². The van der Waals surface area contributed by atoms with Crippen LogP contribution in [0.4, 0.5) is 0 Å². The molecule has 0 aliphatic heterocycles. The topological polar surface area (TPSA) is 55.4 Å². The van der Waals surface area contributed by atoms with Crippen molar-refractivity contribution in [1.29, 1.82) is 0 Å². The van der Waals surface area contributed by atoms with Gasteiger partial charge in [0.25, 0.3) is 0 Å². The normalized spacial score (nSPS) is 11.8. The first-order valence-electron chi connectivity index (χ1n) is 7.72. The number of methoxy groups -OCH3 is 1. The predicted molar refractivity (Wildman–Crippen MR) is 98.9 cm³/mol. The van der Waals surface area contributed by atoms with Crippen LogP contribution in [0.3, 0.4) is 0 Å². The molecule has 0 aliphatic rings. The maximum Gasteiger partial charge on any atom is 0.307 e. The summed E-state index contributed by atoms with van der Waals surface area (Å²) < 4.78 is 5.69. The third-order valence-electron chi connectivity index (χ3n) is 3.61. The number of carbonyl (C=O) groups excluding carboxylic acids is 2. The summed E-state index contributed by atoms with van der Waals surface area (Å²) >= 11 is 5.09. The van der Waals surface area contributed by atoms with Gasteiger partial charge in [-0.05, 0) is 42.0 Å². The molecular weight excluding hydrogens is 390 g/mol. The quantitative estimate of drug-likeness (QED) is 0.662. The van der Waals surface area contributed by atoms with Crippen molar-refractivity contribution in [3.05, 3.63) is 56.7 Å². The predicted octanol–water partition coefficient (Wildman–Crippen LogP) is 4.25. The monoisotopic (exact) mass is 409 g/mol. The van der Waals surface area contributed by atoms with E-state index in [0.29, 0.717) is 6.42 Å². The highest BCUT2D eigenvalue weighted by Gasteiger charge is 2.18. The highest BCUT2D eigenvalue weighted by molar-refractivity contribution is 9.10. The number of ether oxygens (including phenoxy) is 1. The molecule has 1 N–H and O–H groups in total. The van der Waals surface area contributed by atoms with Gasteiger partial charge in [0.2, 0.25) is 5.91 Å². The Kier molecular flexibility index (Phi) is 7.46. The Labute approximate surface area is 154 Å². The van der Waals surface area contributed by atoms with Gasteiger partial charge < -0.3 is 10.1 Å². The lowest BCUT2D eigenvalue weighted by atomic mass is 10.0. The summed E-state index contributed by atoms with van der Waals surface area (Å²) in [7, 11) is 1.35. The molecule has 1 aromatic carbocycles. The van der Waals surface area contributed by atoms with Crippen LogP contribution in [0.15, 0.2) is 46.3 Å². The van der Waals surface area contributed by atoms with Gasteiger partial charge in [0.05, 0.1) is 19.6 Å². The Morgan fingerprint density at radius 2 is 2.00 bits per heavy atom. The molecule has 0 spiro atoms. The molecule has 1 unspecified atom stereocenters. The van der Waals surface area contributed by atoms with Crippen LogP contribution in [-0.2, 0) is 20.7 Å². The van der Waals surface area contributed by atoms with E-state index in [1.807, 2.05) is 35.7 Å². The largest absolute Gasteiger partial charge is 0.469 e. The third kappa shape index (κ3) is 6.09. The number of nitrogens with one attached hydrogen (secondary N) is 1. The molecule has 2 rings (SSSR count). The Morgan fingerprint density at radius 3 is 2.62 bits per heavy atom. The van der Waals surface area contributed by atoms with E-state index in [2.05, 4.69) is 27.3 Å². The fourth-order valence-electron chi connectivity index (χ4n) is 2.34. The van der Waals surface area contributed by atoms with E-state index in [1.54, 1.807) is 11.3 Å². The second-order valence-corrected chi connectivity index (χ2v) is 7.33. The van der Waals surface area contributed by atoms with E-state index >= 15 is 0 Å². The zero-order valence-electron chi connectivity index (χ0n) is 13.5. The fraction of sp³-hybridized carbons (Fsp3) is 0.333. The first-order valence-corrected chi connectivity index (χ1v) is 9.40. The lowest BCUT2D eigenvalue weighted by Crippen LogP contribution is -2.30. The van der Waals surface area contributed by atoms with Gasteiger partial charge in [-0.25, -0.2) is 0 Å². The standard InChI is InChI=1S/C18H20BrNO3S/c1-23-18(22)12-16(13-7-9-14(19)10-8-13)20-17(21)6-2-4-15-5-3-11-24-15/h3,5,7-11,16H,2,4,6,12H2,1H3,(H,20,21). The minimum atomic E-state index is -0.375. The van der Waals surface area contributed by atoms with Crippen molar-refractivity contribution >= 4 is 39.1 Å². The lowest BCUT2D eigenvalue weighted by molar-refractivity contribution is -0.141. The second kappa shape index (κ2) is 9.59. The van der Waals surface area contributed by atoms with Crippen LogP contribution in [-0.4, -0.2) is 19.0 Å². The Morgan fingerprint density at radius 1 is 1.25 bits per heavy atom. The summed E-state index contributed by atoms with van der Waals surface area (Å²) in [5.41, 5.74) is 0.884. The molecule has 1 aromatic heterocycles. The molecular formula is C18H20BrNO3S. The Hall–Kier alpha value is -1.66. The molecule has 0 bridgehead atoms. The van der Waals surface area contributed by atoms with Crippen molar-refractivity contribution in [2.24, 2.45) is 0 Å². The molecule has 2 aromatic rings. The molecule has 1 heterocycles. The maximum absolute atomic E-state index is 12.2. The van der Waals surface area contributed by atoms with E-state index in [9.17, 15) is 9.59 Å². The van der Waals surface area contributed by atoms with Crippen LogP contribution < -0.4 is 5.32 Å². The zero-order valence-corrected chi connectivity index (χ0v) is 15.9. The second-order valence-electron chi connectivity index (χ2n) is 5.38. The number of hydrogen-bond acceptors (Lipinski definition) is 4. The maximum atomic E-state index is 12.2. The summed E-state index contributed by atoms with van der Waals surface area (Å²) in [5, 5.41) is 4.98. The van der Waals surface area contributed by atoms with Gasteiger partial charge >= 0.3 is 5.97 Å². The Bertz CT molecular complexity index is 655. The third-order valence-corrected chi connectivity index (χ3v) is 5.08. The minimum Gasteiger partial charge on any atom is -0.469 e. The molecule has 24 heavy (non-hydrogen) atoms. The number of rotatable bonds is 8. The van der Waals surface area contributed by atoms with Crippen molar-refractivity contribution in [3.63, 3.8) is 0 Å². The number of benzene rings is 1. The molecule has 0 radical (unpaired) electrons. The van der Waals surface area contributed by atoms with Crippen LogP contribution in [0, 0.1) is 0 Å². The first kappa shape index (κ1) is 18.7. The molecule has 0 saturated heterocycles. The average Bonchev–Trinajstić information content (AvgIpc) is 3.08. The zero-order chi connectivity index (χ0) is 17.4. The van der Waals surface area contributed by atoms with E-state index in [1.165, 1.54) is 12.0 Å². The van der Waals surface area contributed by atoms with Crippen molar-refractivity contribution in [2.75, 3.05) is 7.11 Å². The van der Waals surface area contributed by atoms with Crippen LogP contribution in [0.25, 0.3) is 0 Å². The Balaban J connectivity index is 1.92. The lowest BCUT2D eigenvalue weighted by Gasteiger charge is -2.18. The molecule has 6 heteroatoms. The van der Waals surface area contributed by atoms with Crippen LogP contribution >= 0.6 is 27.3 Å². The SMILES string of the molecule is COC(=O)CC(NC(=O)CCCc1cccs1)c1ccc(Br)cc1. The molecule has 4 nitrogen and oxygen atoms in total. The fourth-order valence-corrected chi connectivity index (χ4v) is 3.36. The molecule has 0 aliphatic carbocycles. The summed E-state index contributed by atoms with van der Waals surface area (Å²) in [6, 6.07) is 11.3. The molecule has 0 fully saturated rings. The highest BCUT2D eigenvalue weighted by atomic mass is 79.9. The average molecular weight is 410 g/mol. The number of carbonyl (C=O) groups is 2. The van der Waals surface area contributed by atoms with Crippen molar-refractivity contribution in [1.82, 2.24) is 5.32 Å². The molecule has 1 amide bonds.